The molecule has 7 heteroatoms. The number of rotatable bonds is 1. The second kappa shape index (κ2) is 21.5. The van der Waals surface area contributed by atoms with Gasteiger partial charge in [-0.1, -0.05) is 51.6 Å². The molecule has 3 N–H and O–H groups in total. The maximum atomic E-state index is 12.3. The topological polar surface area (TPSA) is 87.0 Å². The fourth-order valence-electron chi connectivity index (χ4n) is 16.0. The van der Waals surface area contributed by atoms with E-state index in [0.717, 1.165) is 124 Å². The smallest absolute Gasteiger partial charge is 0.390 e. The molecule has 9 fully saturated rings. The standard InChI is InChI=1S/C25H36O2.C19H30O2.C6H5.C4H8O.CH4.Li.W/c1-23(26)13-10-19-17(16-23)8-9-21-20(19)11-14-24(2)22(21)12-15-25(24,27)18-6-4-3-5-7-18;1-18(21)9-7-13-12(11-18)3-4-15-14(13)8-10-19(2)16(15)5-6-17(19)20;1-2-4-6-5-3-1;1-2-4-5-3-1;;;/h3-7,17,19-22,26-27H,8-16H2,1-2H3;12-16,21H,3-11H2,1-2H3;1-5H;1-4H2;1H4;;/q;;-1;;;+1;/t17-,19+,20-,21-,22+,23-,24+,25?;12-,13+,14-,15-,16+,18-,19+;;;;;/m11...../s1. The van der Waals surface area contributed by atoms with Gasteiger partial charge in [-0.25, -0.2) is 0 Å². The average molecular weight is 1020 g/mol. The van der Waals surface area contributed by atoms with E-state index in [9.17, 15) is 20.1 Å². The van der Waals surface area contributed by atoms with E-state index in [1.54, 1.807) is 0 Å². The van der Waals surface area contributed by atoms with Gasteiger partial charge in [0.15, 0.2) is 0 Å². The van der Waals surface area contributed by atoms with E-state index in [1.165, 1.54) is 70.6 Å². The number of Topliss-reactive ketones (excluding diaryl/α,β-unsaturated/α-hetero) is 1. The molecule has 2 aromatic rings. The summed E-state index contributed by atoms with van der Waals surface area (Å²) >= 11 is 0. The number of carbonyl (C=O) groups is 1. The zero-order chi connectivity index (χ0) is 41.5. The van der Waals surface area contributed by atoms with E-state index in [4.69, 9.17) is 4.74 Å². The van der Waals surface area contributed by atoms with Crippen molar-refractivity contribution >= 4 is 5.78 Å². The molecule has 0 amide bonds. The first kappa shape index (κ1) is 52.2. The van der Waals surface area contributed by atoms with E-state index in [-0.39, 0.29) is 58.2 Å². The summed E-state index contributed by atoms with van der Waals surface area (Å²) in [4.78, 5) is 12.3. The van der Waals surface area contributed by atoms with Crippen LogP contribution in [-0.4, -0.2) is 45.5 Å². The van der Waals surface area contributed by atoms with E-state index < -0.39 is 16.8 Å². The number of ketones is 1. The summed E-state index contributed by atoms with van der Waals surface area (Å²) in [5, 5.41) is 32.8. The molecule has 340 valence electrons. The quantitative estimate of drug-likeness (QED) is 0.196. The second-order valence-electron chi connectivity index (χ2n) is 22.4. The van der Waals surface area contributed by atoms with Crippen LogP contribution in [0.1, 0.15) is 169 Å². The predicted molar refractivity (Wildman–Crippen MR) is 243 cm³/mol. The number of carbonyl (C=O) groups excluding carboxylic acids is 1. The van der Waals surface area contributed by atoms with Crippen molar-refractivity contribution < 1.29 is 64.8 Å². The zero-order valence-electron chi connectivity index (χ0n) is 38.7. The summed E-state index contributed by atoms with van der Waals surface area (Å²) < 4.78 is 4.94. The molecule has 0 radical (unpaired) electrons. The molecule has 0 bridgehead atoms. The number of hydrogen-bond acceptors (Lipinski definition) is 5. The van der Waals surface area contributed by atoms with Crippen LogP contribution in [0, 0.1) is 76.1 Å². The third-order valence-electron chi connectivity index (χ3n) is 19.0. The third kappa shape index (κ3) is 10.5. The first-order chi connectivity index (χ1) is 28.2. The summed E-state index contributed by atoms with van der Waals surface area (Å²) in [6.45, 7) is 10.7. The van der Waals surface area contributed by atoms with Crippen LogP contribution in [0.25, 0.3) is 0 Å². The second-order valence-corrected chi connectivity index (χ2v) is 22.4. The van der Waals surface area contributed by atoms with Gasteiger partial charge in [-0.05, 0) is 201 Å². The van der Waals surface area contributed by atoms with E-state index in [1.807, 2.05) is 44.2 Å². The summed E-state index contributed by atoms with van der Waals surface area (Å²) in [6.07, 6.45) is 23.1. The van der Waals surface area contributed by atoms with Crippen LogP contribution in [0.2, 0.25) is 0 Å². The van der Waals surface area contributed by atoms with E-state index in [0.29, 0.717) is 17.6 Å². The largest absolute Gasteiger partial charge is 1.00 e. The summed E-state index contributed by atoms with van der Waals surface area (Å²) in [6, 6.07) is 23.0. The minimum absolute atomic E-state index is 0. The van der Waals surface area contributed by atoms with Gasteiger partial charge in [-0.3, -0.25) is 4.79 Å². The Labute approximate surface area is 403 Å². The van der Waals surface area contributed by atoms with Crippen molar-refractivity contribution in [2.45, 2.75) is 180 Å². The fourth-order valence-corrected chi connectivity index (χ4v) is 16.0. The van der Waals surface area contributed by atoms with Crippen LogP contribution >= 0.6 is 0 Å². The van der Waals surface area contributed by atoms with Gasteiger partial charge in [0.05, 0.1) is 16.8 Å². The van der Waals surface area contributed by atoms with Crippen molar-refractivity contribution in [3.63, 3.8) is 0 Å². The molecule has 0 aromatic heterocycles. The molecule has 62 heavy (non-hydrogen) atoms. The van der Waals surface area contributed by atoms with Gasteiger partial charge in [0, 0.05) is 51.5 Å². The van der Waals surface area contributed by atoms with Gasteiger partial charge in [-0.2, -0.15) is 36.4 Å². The number of hydrogen-bond donors (Lipinski definition) is 3. The Morgan fingerprint density at radius 2 is 1.10 bits per heavy atom. The Balaban J connectivity index is 0.000000183. The number of aliphatic hydroxyl groups is 3. The van der Waals surface area contributed by atoms with Crippen molar-refractivity contribution in [1.29, 1.82) is 0 Å². The molecule has 8 saturated carbocycles. The van der Waals surface area contributed by atoms with E-state index in [2.05, 4.69) is 50.2 Å². The van der Waals surface area contributed by atoms with Crippen LogP contribution in [0.3, 0.4) is 0 Å². The molecule has 1 unspecified atom stereocenters. The van der Waals surface area contributed by atoms with Crippen LogP contribution in [-0.2, 0) is 36.2 Å². The molecule has 8 aliphatic carbocycles. The normalized spacial score (nSPS) is 44.5. The molecule has 1 saturated heterocycles. The van der Waals surface area contributed by atoms with Gasteiger partial charge in [0.1, 0.15) is 5.78 Å². The zero-order valence-corrected chi connectivity index (χ0v) is 41.6. The predicted octanol–water partition coefficient (Wildman–Crippen LogP) is 9.16. The third-order valence-corrected chi connectivity index (χ3v) is 19.0. The van der Waals surface area contributed by atoms with Crippen molar-refractivity contribution in [1.82, 2.24) is 0 Å². The number of fused-ring (bicyclic) bond motifs is 10. The Morgan fingerprint density at radius 1 is 0.581 bits per heavy atom. The van der Waals surface area contributed by atoms with Gasteiger partial charge in [0.2, 0.25) is 0 Å². The van der Waals surface area contributed by atoms with Gasteiger partial charge in [-0.15, -0.1) is 0 Å². The van der Waals surface area contributed by atoms with Crippen LogP contribution < -0.4 is 18.9 Å². The molecule has 9 aliphatic rings. The van der Waals surface area contributed by atoms with Crippen molar-refractivity contribution in [3.05, 3.63) is 72.3 Å². The van der Waals surface area contributed by atoms with Gasteiger partial charge < -0.3 is 20.1 Å². The van der Waals surface area contributed by atoms with Crippen LogP contribution in [0.15, 0.2) is 60.7 Å². The Bertz CT molecular complexity index is 1650. The summed E-state index contributed by atoms with van der Waals surface area (Å²) in [5.41, 5.74) is -0.331. The maximum absolute atomic E-state index is 12.3. The fraction of sp³-hybridized carbons (Fsp3) is 0.764. The summed E-state index contributed by atoms with van der Waals surface area (Å²) in [5.74, 6) is 8.29. The first-order valence-corrected chi connectivity index (χ1v) is 24.5. The molecule has 15 atom stereocenters. The van der Waals surface area contributed by atoms with Crippen molar-refractivity contribution in [3.8, 4) is 0 Å². The number of benzene rings is 2. The molecular formula is C55H83LiO5W. The minimum Gasteiger partial charge on any atom is -0.390 e. The number of ether oxygens (including phenoxy) is 1. The Morgan fingerprint density at radius 3 is 1.60 bits per heavy atom. The van der Waals surface area contributed by atoms with Gasteiger partial charge >= 0.3 is 18.9 Å². The van der Waals surface area contributed by atoms with Crippen molar-refractivity contribution in [2.75, 3.05) is 13.2 Å². The minimum atomic E-state index is -0.656. The van der Waals surface area contributed by atoms with Crippen LogP contribution in [0.5, 0.6) is 0 Å². The van der Waals surface area contributed by atoms with E-state index >= 15 is 0 Å². The molecule has 1 aliphatic heterocycles. The van der Waals surface area contributed by atoms with Crippen LogP contribution in [0.4, 0.5) is 0 Å². The molecule has 5 nitrogen and oxygen atoms in total. The monoisotopic (exact) mass is 1010 g/mol. The Kier molecular flexibility index (Phi) is 18.1. The maximum Gasteiger partial charge on any atom is 1.00 e. The molecule has 1 heterocycles. The van der Waals surface area contributed by atoms with Crippen molar-refractivity contribution in [2.24, 2.45) is 70.0 Å². The Hall–Kier alpha value is -0.764. The molecule has 2 aromatic carbocycles. The molecule has 11 rings (SSSR count). The molecule has 0 spiro atoms. The van der Waals surface area contributed by atoms with Gasteiger partial charge in [0.25, 0.3) is 0 Å². The summed E-state index contributed by atoms with van der Waals surface area (Å²) in [7, 11) is 0. The average Bonchev–Trinajstić information content (AvgIpc) is 3.98. The first-order valence-electron chi connectivity index (χ1n) is 24.5. The molecular weight excluding hydrogens is 931 g/mol. The SMILES string of the molecule is C.C1CCOC1.C[C@@]1(O)CC[C@H]2[C@H](CC[C@@H]3[C@@H]2CC[C@@]2(C)[C@H]3CCC2(O)c2ccccc2)C1.C[C@@]1(O)CC[C@H]2[C@H](CC[C@@H]3[C@@H]2CC[C@]2(C)C(=O)CC[C@@H]32)C1.[Li+].[W].[c-]1ccccc1.